The highest BCUT2D eigenvalue weighted by atomic mass is 19.1. The number of benzene rings is 1. The molecule has 24 heavy (non-hydrogen) atoms. The van der Waals surface area contributed by atoms with Crippen LogP contribution in [0, 0.1) is 25.5 Å². The number of anilines is 1. The van der Waals surface area contributed by atoms with Crippen molar-refractivity contribution in [2.45, 2.75) is 40.0 Å². The van der Waals surface area contributed by atoms with Crippen LogP contribution in [0.3, 0.4) is 0 Å². The van der Waals surface area contributed by atoms with Crippen LogP contribution < -0.4 is 10.5 Å². The maximum atomic E-state index is 14.5. The molecule has 1 heterocycles. The highest BCUT2D eigenvalue weighted by Crippen LogP contribution is 2.35. The van der Waals surface area contributed by atoms with Crippen LogP contribution in [0.15, 0.2) is 16.9 Å². The fourth-order valence-electron chi connectivity index (χ4n) is 2.87. The van der Waals surface area contributed by atoms with Gasteiger partial charge in [-0.25, -0.2) is 13.8 Å². The van der Waals surface area contributed by atoms with Crippen LogP contribution in [0.4, 0.5) is 14.7 Å². The van der Waals surface area contributed by atoms with E-state index < -0.39 is 17.0 Å². The Morgan fingerprint density at radius 2 is 1.75 bits per heavy atom. The predicted molar refractivity (Wildman–Crippen MR) is 91.8 cm³/mol. The third-order valence-corrected chi connectivity index (χ3v) is 4.38. The summed E-state index contributed by atoms with van der Waals surface area (Å²) in [5, 5.41) is 0. The highest BCUT2D eigenvalue weighted by molar-refractivity contribution is 5.43. The number of halogens is 2. The van der Waals surface area contributed by atoms with Crippen molar-refractivity contribution in [3.8, 4) is 0 Å². The van der Waals surface area contributed by atoms with E-state index >= 15 is 0 Å². The molecule has 6 heteroatoms. The molecule has 1 aromatic heterocycles. The first kappa shape index (κ1) is 18.1. The van der Waals surface area contributed by atoms with Crippen LogP contribution in [0.5, 0.6) is 0 Å². The summed E-state index contributed by atoms with van der Waals surface area (Å²) in [6.45, 7) is 9.16. The largest absolute Gasteiger partial charge is 0.346 e. The first-order chi connectivity index (χ1) is 11.1. The van der Waals surface area contributed by atoms with Crippen LogP contribution >= 0.6 is 0 Å². The zero-order valence-electron chi connectivity index (χ0n) is 14.9. The van der Waals surface area contributed by atoms with Crippen molar-refractivity contribution in [3.63, 3.8) is 0 Å². The van der Waals surface area contributed by atoms with E-state index in [4.69, 9.17) is 0 Å². The molecule has 0 aliphatic carbocycles. The van der Waals surface area contributed by atoms with Crippen molar-refractivity contribution >= 4 is 5.95 Å². The number of nitrogens with one attached hydrogen (secondary N) is 1. The second-order valence-electron chi connectivity index (χ2n) is 6.61. The fourth-order valence-corrected chi connectivity index (χ4v) is 2.87. The van der Waals surface area contributed by atoms with Gasteiger partial charge in [0.2, 0.25) is 5.95 Å². The summed E-state index contributed by atoms with van der Waals surface area (Å²) in [5.41, 5.74) is -0.262. The minimum Gasteiger partial charge on any atom is -0.346 e. The molecular formula is C18H23F2N3O. The molecule has 0 unspecified atom stereocenters. The molecule has 0 radical (unpaired) electrons. The van der Waals surface area contributed by atoms with E-state index in [-0.39, 0.29) is 11.1 Å². The molecule has 2 rings (SSSR count). The SMILES string of the molecule is CCN(C)c1nc(C(C)(C)c2c(F)cc(C)cc2F)c(C)c(=O)[nH]1. The number of H-pyrrole nitrogens is 1. The zero-order chi connectivity index (χ0) is 18.2. The number of hydrogen-bond donors (Lipinski definition) is 1. The second kappa shape index (κ2) is 6.34. The van der Waals surface area contributed by atoms with Gasteiger partial charge in [0.25, 0.3) is 5.56 Å². The Hall–Kier alpha value is -2.24. The average Bonchev–Trinajstić information content (AvgIpc) is 2.47. The summed E-state index contributed by atoms with van der Waals surface area (Å²) in [6, 6.07) is 2.59. The summed E-state index contributed by atoms with van der Waals surface area (Å²) in [7, 11) is 1.79. The molecule has 0 atom stereocenters. The minimum absolute atomic E-state index is 0.0839. The van der Waals surface area contributed by atoms with E-state index in [9.17, 15) is 13.6 Å². The normalized spacial score (nSPS) is 11.7. The molecule has 0 spiro atoms. The standard InChI is InChI=1S/C18H23F2N3O/c1-7-23(6)17-21-15(11(3)16(24)22-17)18(4,5)14-12(19)8-10(2)9-13(14)20/h8-9H,7H2,1-6H3,(H,21,22,24). The number of aromatic nitrogens is 2. The smallest absolute Gasteiger partial charge is 0.255 e. The monoisotopic (exact) mass is 335 g/mol. The lowest BCUT2D eigenvalue weighted by Crippen LogP contribution is -2.32. The number of hydrogen-bond acceptors (Lipinski definition) is 3. The van der Waals surface area contributed by atoms with Gasteiger partial charge < -0.3 is 4.90 Å². The first-order valence-corrected chi connectivity index (χ1v) is 7.88. The molecule has 0 saturated heterocycles. The van der Waals surface area contributed by atoms with Crippen molar-refractivity contribution in [1.29, 1.82) is 0 Å². The van der Waals surface area contributed by atoms with E-state index in [0.29, 0.717) is 29.3 Å². The summed E-state index contributed by atoms with van der Waals surface area (Å²) >= 11 is 0. The maximum Gasteiger partial charge on any atom is 0.255 e. The summed E-state index contributed by atoms with van der Waals surface area (Å²) in [4.78, 5) is 21.2. The van der Waals surface area contributed by atoms with Gasteiger partial charge in [0.1, 0.15) is 11.6 Å². The lowest BCUT2D eigenvalue weighted by Gasteiger charge is -2.28. The van der Waals surface area contributed by atoms with Gasteiger partial charge in [0, 0.05) is 30.1 Å². The van der Waals surface area contributed by atoms with E-state index in [0.717, 1.165) is 0 Å². The quantitative estimate of drug-likeness (QED) is 0.931. The van der Waals surface area contributed by atoms with Crippen LogP contribution in [0.2, 0.25) is 0 Å². The Balaban J connectivity index is 2.74. The molecule has 130 valence electrons. The molecule has 1 N–H and O–H groups in total. The highest BCUT2D eigenvalue weighted by Gasteiger charge is 2.34. The fraction of sp³-hybridized carbons (Fsp3) is 0.444. The summed E-state index contributed by atoms with van der Waals surface area (Å²) < 4.78 is 29.0. The number of aryl methyl sites for hydroxylation is 1. The van der Waals surface area contributed by atoms with Crippen LogP contribution in [-0.2, 0) is 5.41 Å². The lowest BCUT2D eigenvalue weighted by molar-refractivity contribution is 0.485. The van der Waals surface area contributed by atoms with Crippen LogP contribution in [0.1, 0.15) is 43.2 Å². The molecule has 0 aliphatic rings. The van der Waals surface area contributed by atoms with E-state index in [1.807, 2.05) is 6.92 Å². The van der Waals surface area contributed by atoms with E-state index in [2.05, 4.69) is 9.97 Å². The molecular weight excluding hydrogens is 312 g/mol. The Kier molecular flexibility index (Phi) is 4.78. The van der Waals surface area contributed by atoms with E-state index in [1.165, 1.54) is 12.1 Å². The number of rotatable bonds is 4. The molecule has 0 saturated carbocycles. The minimum atomic E-state index is -1.09. The van der Waals surface area contributed by atoms with Gasteiger partial charge in [-0.1, -0.05) is 0 Å². The Morgan fingerprint density at radius 3 is 2.25 bits per heavy atom. The molecule has 0 bridgehead atoms. The van der Waals surface area contributed by atoms with Gasteiger partial charge >= 0.3 is 0 Å². The summed E-state index contributed by atoms with van der Waals surface area (Å²) in [5.74, 6) is -0.891. The van der Waals surface area contributed by atoms with Crippen LogP contribution in [-0.4, -0.2) is 23.6 Å². The number of nitrogens with zero attached hydrogens (tertiary/aromatic N) is 2. The van der Waals surface area contributed by atoms with Crippen molar-refractivity contribution in [2.75, 3.05) is 18.5 Å². The van der Waals surface area contributed by atoms with Gasteiger partial charge in [-0.2, -0.15) is 0 Å². The van der Waals surface area contributed by atoms with Crippen LogP contribution in [0.25, 0.3) is 0 Å². The zero-order valence-corrected chi connectivity index (χ0v) is 14.9. The Labute approximate surface area is 140 Å². The molecule has 0 amide bonds. The van der Waals surface area contributed by atoms with Gasteiger partial charge in [0.15, 0.2) is 0 Å². The molecule has 1 aromatic carbocycles. The number of aromatic amines is 1. The summed E-state index contributed by atoms with van der Waals surface area (Å²) in [6.07, 6.45) is 0. The second-order valence-corrected chi connectivity index (χ2v) is 6.61. The molecule has 0 fully saturated rings. The average molecular weight is 335 g/mol. The van der Waals surface area contributed by atoms with E-state index in [1.54, 1.807) is 39.6 Å². The van der Waals surface area contributed by atoms with Gasteiger partial charge in [0.05, 0.1) is 5.69 Å². The van der Waals surface area contributed by atoms with Gasteiger partial charge in [-0.3, -0.25) is 9.78 Å². The predicted octanol–water partition coefficient (Wildman–Crippen LogP) is 3.45. The third-order valence-electron chi connectivity index (χ3n) is 4.38. The first-order valence-electron chi connectivity index (χ1n) is 7.88. The van der Waals surface area contributed by atoms with Crippen molar-refractivity contribution < 1.29 is 8.78 Å². The third kappa shape index (κ3) is 3.05. The molecule has 2 aromatic rings. The topological polar surface area (TPSA) is 49.0 Å². The maximum absolute atomic E-state index is 14.5. The van der Waals surface area contributed by atoms with Crippen molar-refractivity contribution in [3.05, 3.63) is 56.5 Å². The lowest BCUT2D eigenvalue weighted by atomic mass is 9.78. The Bertz CT molecular complexity index is 804. The Morgan fingerprint density at radius 1 is 1.21 bits per heavy atom. The van der Waals surface area contributed by atoms with Gasteiger partial charge in [-0.05, 0) is 52.3 Å². The molecule has 0 aliphatic heterocycles. The molecule has 4 nitrogen and oxygen atoms in total. The van der Waals surface area contributed by atoms with Crippen molar-refractivity contribution in [2.24, 2.45) is 0 Å². The van der Waals surface area contributed by atoms with Gasteiger partial charge in [-0.15, -0.1) is 0 Å². The van der Waals surface area contributed by atoms with Crippen molar-refractivity contribution in [1.82, 2.24) is 9.97 Å².